The molecule has 3 unspecified atom stereocenters. The summed E-state index contributed by atoms with van der Waals surface area (Å²) >= 11 is 0. The first-order valence-corrected chi connectivity index (χ1v) is 9.89. The molecule has 26 heavy (non-hydrogen) atoms. The fourth-order valence-electron chi connectivity index (χ4n) is 6.91. The first-order chi connectivity index (χ1) is 12.1. The zero-order valence-electron chi connectivity index (χ0n) is 15.5. The molecule has 0 spiro atoms. The van der Waals surface area contributed by atoms with Crippen LogP contribution in [0.4, 0.5) is 13.2 Å². The van der Waals surface area contributed by atoms with Gasteiger partial charge in [-0.1, -0.05) is 19.4 Å². The molecule has 0 bridgehead atoms. The lowest BCUT2D eigenvalue weighted by molar-refractivity contribution is -0.303. The zero-order chi connectivity index (χ0) is 18.9. The van der Waals surface area contributed by atoms with Gasteiger partial charge >= 0.3 is 6.18 Å². The minimum absolute atomic E-state index is 0.112. The standard InChI is InChI=1S/C21H27F3O2/c1-3-19-8-6-16-15-5-4-14(25)11-13(15)10-12(2)18(16)17(19)7-9-20(19,26)21(22,23)24/h11-12,17-18,26H,3-10H2,1-2H3/t12?,17-,18+,19?,20?/m0/s1. The Hall–Kier alpha value is -1.10. The maximum atomic E-state index is 13.9. The second-order valence-electron chi connectivity index (χ2n) is 8.86. The molecule has 5 heteroatoms. The molecule has 0 amide bonds. The number of halogens is 3. The Morgan fingerprint density at radius 1 is 1.23 bits per heavy atom. The third-order valence-corrected chi connectivity index (χ3v) is 8.01. The van der Waals surface area contributed by atoms with Gasteiger partial charge in [-0.25, -0.2) is 0 Å². The molecular weight excluding hydrogens is 341 g/mol. The lowest BCUT2D eigenvalue weighted by Gasteiger charge is -2.55. The molecule has 2 saturated carbocycles. The summed E-state index contributed by atoms with van der Waals surface area (Å²) < 4.78 is 41.6. The number of ketones is 1. The molecule has 144 valence electrons. The monoisotopic (exact) mass is 368 g/mol. The average molecular weight is 368 g/mol. The summed E-state index contributed by atoms with van der Waals surface area (Å²) in [5.41, 5.74) is 0.0319. The molecule has 1 N–H and O–H groups in total. The van der Waals surface area contributed by atoms with Gasteiger partial charge in [-0.05, 0) is 79.9 Å². The Labute approximate surface area is 152 Å². The van der Waals surface area contributed by atoms with E-state index in [9.17, 15) is 23.1 Å². The van der Waals surface area contributed by atoms with Crippen molar-refractivity contribution in [2.24, 2.45) is 23.2 Å². The van der Waals surface area contributed by atoms with E-state index in [2.05, 4.69) is 6.92 Å². The van der Waals surface area contributed by atoms with E-state index in [1.54, 1.807) is 6.08 Å². The third kappa shape index (κ3) is 2.18. The van der Waals surface area contributed by atoms with Gasteiger partial charge in [0.25, 0.3) is 0 Å². The number of hydrogen-bond donors (Lipinski definition) is 1. The molecule has 0 radical (unpaired) electrons. The van der Waals surface area contributed by atoms with Crippen LogP contribution in [0.1, 0.15) is 65.2 Å². The van der Waals surface area contributed by atoms with Crippen LogP contribution in [-0.4, -0.2) is 22.7 Å². The quantitative estimate of drug-likeness (QED) is 0.697. The van der Waals surface area contributed by atoms with E-state index in [1.807, 2.05) is 6.92 Å². The fraction of sp³-hybridized carbons (Fsp3) is 0.762. The molecule has 4 aliphatic carbocycles. The Kier molecular flexibility index (Phi) is 4.00. The molecule has 5 atom stereocenters. The summed E-state index contributed by atoms with van der Waals surface area (Å²) in [5.74, 6) is 0.378. The van der Waals surface area contributed by atoms with Crippen molar-refractivity contribution in [3.8, 4) is 0 Å². The first-order valence-electron chi connectivity index (χ1n) is 9.89. The van der Waals surface area contributed by atoms with Crippen molar-refractivity contribution in [3.05, 3.63) is 22.8 Å². The van der Waals surface area contributed by atoms with Crippen LogP contribution in [0.15, 0.2) is 22.8 Å². The number of hydrogen-bond acceptors (Lipinski definition) is 2. The Morgan fingerprint density at radius 2 is 1.96 bits per heavy atom. The van der Waals surface area contributed by atoms with Crippen LogP contribution in [0.5, 0.6) is 0 Å². The summed E-state index contributed by atoms with van der Waals surface area (Å²) in [6.07, 6.45) is 0.847. The van der Waals surface area contributed by atoms with Crippen LogP contribution in [0.2, 0.25) is 0 Å². The molecule has 0 aromatic heterocycles. The van der Waals surface area contributed by atoms with E-state index in [0.717, 1.165) is 18.4 Å². The van der Waals surface area contributed by atoms with Crippen molar-refractivity contribution in [1.29, 1.82) is 0 Å². The highest BCUT2D eigenvalue weighted by Gasteiger charge is 2.72. The summed E-state index contributed by atoms with van der Waals surface area (Å²) in [6.45, 7) is 3.92. The lowest BCUT2D eigenvalue weighted by atomic mass is 9.51. The molecular formula is C21H27F3O2. The van der Waals surface area contributed by atoms with Crippen molar-refractivity contribution in [1.82, 2.24) is 0 Å². The highest BCUT2D eigenvalue weighted by Crippen LogP contribution is 2.68. The summed E-state index contributed by atoms with van der Waals surface area (Å²) in [7, 11) is 0. The van der Waals surface area contributed by atoms with Gasteiger partial charge in [0.15, 0.2) is 11.4 Å². The predicted octanol–water partition coefficient (Wildman–Crippen LogP) is 5.12. The topological polar surface area (TPSA) is 37.3 Å². The van der Waals surface area contributed by atoms with Crippen LogP contribution in [0.25, 0.3) is 0 Å². The SMILES string of the molecule is CCC12CCC3=C4CCC(=O)C=C4CC(C)[C@H]3[C@@H]1CCC2(O)C(F)(F)F. The molecule has 0 aromatic carbocycles. The van der Waals surface area contributed by atoms with Gasteiger partial charge in [-0.15, -0.1) is 0 Å². The maximum absolute atomic E-state index is 13.9. The van der Waals surface area contributed by atoms with Gasteiger partial charge in [-0.2, -0.15) is 13.2 Å². The number of fused-ring (bicyclic) bond motifs is 4. The van der Waals surface area contributed by atoms with E-state index in [-0.39, 0.29) is 30.0 Å². The summed E-state index contributed by atoms with van der Waals surface area (Å²) in [4.78, 5) is 11.8. The molecule has 0 aromatic rings. The largest absolute Gasteiger partial charge is 0.417 e. The molecule has 0 aliphatic heterocycles. The fourth-order valence-corrected chi connectivity index (χ4v) is 6.91. The zero-order valence-corrected chi connectivity index (χ0v) is 15.5. The Morgan fingerprint density at radius 3 is 2.62 bits per heavy atom. The molecule has 0 heterocycles. The van der Waals surface area contributed by atoms with Crippen LogP contribution in [0.3, 0.4) is 0 Å². The number of aliphatic hydroxyl groups is 1. The maximum Gasteiger partial charge on any atom is 0.417 e. The van der Waals surface area contributed by atoms with Crippen molar-refractivity contribution >= 4 is 5.78 Å². The number of alkyl halides is 3. The van der Waals surface area contributed by atoms with Crippen LogP contribution < -0.4 is 0 Å². The normalized spacial score (nSPS) is 42.9. The molecule has 4 aliphatic rings. The summed E-state index contributed by atoms with van der Waals surface area (Å²) in [6, 6.07) is 0. The number of carbonyl (C=O) groups excluding carboxylic acids is 1. The molecule has 2 fully saturated rings. The molecule has 2 nitrogen and oxygen atoms in total. The van der Waals surface area contributed by atoms with Crippen LogP contribution in [0, 0.1) is 23.2 Å². The Bertz CT molecular complexity index is 705. The Balaban J connectivity index is 1.81. The minimum Gasteiger partial charge on any atom is -0.380 e. The van der Waals surface area contributed by atoms with Gasteiger partial charge in [-0.3, -0.25) is 4.79 Å². The van der Waals surface area contributed by atoms with E-state index < -0.39 is 17.2 Å². The van der Waals surface area contributed by atoms with E-state index in [0.29, 0.717) is 32.1 Å². The minimum atomic E-state index is -4.58. The number of allylic oxidation sites excluding steroid dienone is 4. The smallest absolute Gasteiger partial charge is 0.380 e. The van der Waals surface area contributed by atoms with Gasteiger partial charge in [0.2, 0.25) is 0 Å². The average Bonchev–Trinajstić information content (AvgIpc) is 2.89. The molecule has 0 saturated heterocycles. The van der Waals surface area contributed by atoms with Gasteiger partial charge < -0.3 is 5.11 Å². The lowest BCUT2D eigenvalue weighted by Crippen LogP contribution is -2.59. The first kappa shape index (κ1) is 18.3. The summed E-state index contributed by atoms with van der Waals surface area (Å²) in [5, 5.41) is 10.8. The molecule has 4 rings (SSSR count). The van der Waals surface area contributed by atoms with E-state index in [4.69, 9.17) is 0 Å². The van der Waals surface area contributed by atoms with Crippen LogP contribution >= 0.6 is 0 Å². The second kappa shape index (κ2) is 5.70. The van der Waals surface area contributed by atoms with Gasteiger partial charge in [0.05, 0.1) is 0 Å². The van der Waals surface area contributed by atoms with Crippen LogP contribution in [-0.2, 0) is 4.79 Å². The van der Waals surface area contributed by atoms with Crippen molar-refractivity contribution in [2.75, 3.05) is 0 Å². The van der Waals surface area contributed by atoms with Crippen molar-refractivity contribution in [2.45, 2.75) is 77.0 Å². The number of rotatable bonds is 1. The third-order valence-electron chi connectivity index (χ3n) is 8.01. The van der Waals surface area contributed by atoms with Gasteiger partial charge in [0.1, 0.15) is 0 Å². The van der Waals surface area contributed by atoms with E-state index in [1.165, 1.54) is 11.1 Å². The van der Waals surface area contributed by atoms with Crippen molar-refractivity contribution in [3.63, 3.8) is 0 Å². The number of carbonyl (C=O) groups is 1. The second-order valence-corrected chi connectivity index (χ2v) is 8.86. The highest BCUT2D eigenvalue weighted by molar-refractivity contribution is 5.93. The predicted molar refractivity (Wildman–Crippen MR) is 92.3 cm³/mol. The van der Waals surface area contributed by atoms with Crippen molar-refractivity contribution < 1.29 is 23.1 Å². The van der Waals surface area contributed by atoms with Gasteiger partial charge in [0, 0.05) is 11.8 Å². The van der Waals surface area contributed by atoms with E-state index >= 15 is 0 Å². The highest BCUT2D eigenvalue weighted by atomic mass is 19.4.